The maximum Gasteiger partial charge on any atom is 0.0494 e. The molecule has 0 amide bonds. The number of hydrogen-bond acceptors (Lipinski definition) is 3. The highest BCUT2D eigenvalue weighted by Crippen LogP contribution is 2.28. The predicted octanol–water partition coefficient (Wildman–Crippen LogP) is 1.88. The van der Waals surface area contributed by atoms with Gasteiger partial charge in [-0.25, -0.2) is 0 Å². The van der Waals surface area contributed by atoms with E-state index in [0.29, 0.717) is 6.04 Å². The van der Waals surface area contributed by atoms with Gasteiger partial charge in [-0.1, -0.05) is 0 Å². The van der Waals surface area contributed by atoms with Gasteiger partial charge in [-0.15, -0.1) is 0 Å². The molecule has 100 valence electrons. The molecule has 1 saturated heterocycles. The number of nitrogens with zero attached hydrogens (tertiary/aromatic N) is 1. The van der Waals surface area contributed by atoms with Crippen LogP contribution in [0.15, 0.2) is 0 Å². The van der Waals surface area contributed by atoms with Crippen molar-refractivity contribution in [3.05, 3.63) is 0 Å². The molecule has 1 aliphatic carbocycles. The van der Waals surface area contributed by atoms with Crippen molar-refractivity contribution in [1.82, 2.24) is 10.2 Å². The second-order valence-corrected chi connectivity index (χ2v) is 5.71. The van der Waals surface area contributed by atoms with Crippen molar-refractivity contribution < 1.29 is 4.74 Å². The number of rotatable bonds is 6. The van der Waals surface area contributed by atoms with Crippen molar-refractivity contribution in [2.24, 2.45) is 5.92 Å². The zero-order chi connectivity index (χ0) is 11.9. The maximum absolute atomic E-state index is 5.69. The second kappa shape index (κ2) is 7.34. The van der Waals surface area contributed by atoms with Gasteiger partial charge in [0.1, 0.15) is 0 Å². The second-order valence-electron chi connectivity index (χ2n) is 5.71. The molecule has 1 heterocycles. The Hall–Kier alpha value is -0.120. The van der Waals surface area contributed by atoms with Crippen molar-refractivity contribution in [2.75, 3.05) is 39.4 Å². The molecule has 2 rings (SSSR count). The summed E-state index contributed by atoms with van der Waals surface area (Å²) in [6.45, 7) is 9.16. The number of ether oxygens (including phenoxy) is 1. The van der Waals surface area contributed by atoms with E-state index in [1.54, 1.807) is 0 Å². The Morgan fingerprint density at radius 2 is 2.12 bits per heavy atom. The molecule has 3 nitrogen and oxygen atoms in total. The lowest BCUT2D eigenvalue weighted by atomic mass is 10.2. The van der Waals surface area contributed by atoms with E-state index in [1.165, 1.54) is 58.3 Å². The zero-order valence-corrected chi connectivity index (χ0v) is 11.3. The van der Waals surface area contributed by atoms with E-state index >= 15 is 0 Å². The smallest absolute Gasteiger partial charge is 0.0494 e. The molecule has 17 heavy (non-hydrogen) atoms. The summed E-state index contributed by atoms with van der Waals surface area (Å²) in [5.74, 6) is 0.906. The first kappa shape index (κ1) is 13.3. The Bertz CT molecular complexity index is 206. The minimum absolute atomic E-state index is 0.684. The lowest BCUT2D eigenvalue weighted by Crippen LogP contribution is -2.39. The van der Waals surface area contributed by atoms with E-state index in [4.69, 9.17) is 4.74 Å². The molecule has 0 spiro atoms. The summed E-state index contributed by atoms with van der Waals surface area (Å²) in [5.41, 5.74) is 0. The summed E-state index contributed by atoms with van der Waals surface area (Å²) in [4.78, 5) is 2.61. The van der Waals surface area contributed by atoms with Crippen LogP contribution in [0.2, 0.25) is 0 Å². The Labute approximate surface area is 106 Å². The molecule has 0 bridgehead atoms. The zero-order valence-electron chi connectivity index (χ0n) is 11.3. The van der Waals surface area contributed by atoms with Crippen LogP contribution in [-0.4, -0.2) is 50.3 Å². The summed E-state index contributed by atoms with van der Waals surface area (Å²) in [6.07, 6.45) is 6.57. The number of nitrogens with one attached hydrogen (secondary N) is 1. The summed E-state index contributed by atoms with van der Waals surface area (Å²) in [6, 6.07) is 0.684. The average Bonchev–Trinajstić information content (AvgIpc) is 3.10. The van der Waals surface area contributed by atoms with Gasteiger partial charge in [-0.3, -0.25) is 0 Å². The minimum atomic E-state index is 0.684. The molecular formula is C14H28N2O. The van der Waals surface area contributed by atoms with E-state index in [1.807, 2.05) is 0 Å². The van der Waals surface area contributed by atoms with E-state index in [0.717, 1.165) is 19.1 Å². The topological polar surface area (TPSA) is 24.5 Å². The fourth-order valence-corrected chi connectivity index (χ4v) is 2.39. The monoisotopic (exact) mass is 240 g/mol. The molecule has 0 aromatic heterocycles. The summed E-state index contributed by atoms with van der Waals surface area (Å²) in [7, 11) is 0. The highest BCUT2D eigenvalue weighted by Gasteiger charge is 2.20. The lowest BCUT2D eigenvalue weighted by molar-refractivity contribution is 0.110. The molecule has 2 aliphatic rings. The fourth-order valence-electron chi connectivity index (χ4n) is 2.39. The molecule has 0 radical (unpaired) electrons. The van der Waals surface area contributed by atoms with Crippen LogP contribution < -0.4 is 5.32 Å². The first-order chi connectivity index (χ1) is 8.34. The van der Waals surface area contributed by atoms with Crippen LogP contribution in [0.4, 0.5) is 0 Å². The van der Waals surface area contributed by atoms with Crippen LogP contribution in [-0.2, 0) is 4.74 Å². The lowest BCUT2D eigenvalue weighted by Gasteiger charge is -2.27. The quantitative estimate of drug-likeness (QED) is 0.717. The van der Waals surface area contributed by atoms with Crippen LogP contribution >= 0.6 is 0 Å². The Morgan fingerprint density at radius 1 is 1.24 bits per heavy atom. The molecule has 1 N–H and O–H groups in total. The third kappa shape index (κ3) is 5.84. The highest BCUT2D eigenvalue weighted by molar-refractivity contribution is 4.72. The molecule has 1 atom stereocenters. The van der Waals surface area contributed by atoms with Gasteiger partial charge in [-0.2, -0.15) is 0 Å². The van der Waals surface area contributed by atoms with Gasteiger partial charge in [0.05, 0.1) is 0 Å². The third-order valence-electron chi connectivity index (χ3n) is 3.84. The maximum atomic E-state index is 5.69. The van der Waals surface area contributed by atoms with Gasteiger partial charge >= 0.3 is 0 Å². The van der Waals surface area contributed by atoms with Crippen molar-refractivity contribution >= 4 is 0 Å². The van der Waals surface area contributed by atoms with Gasteiger partial charge in [-0.05, 0) is 64.6 Å². The van der Waals surface area contributed by atoms with E-state index in [-0.39, 0.29) is 0 Å². The van der Waals surface area contributed by atoms with Gasteiger partial charge in [0.15, 0.2) is 0 Å². The molecule has 0 aromatic carbocycles. The Balaban J connectivity index is 1.50. The van der Waals surface area contributed by atoms with E-state index in [2.05, 4.69) is 17.1 Å². The summed E-state index contributed by atoms with van der Waals surface area (Å²) in [5, 5.41) is 3.55. The third-order valence-corrected chi connectivity index (χ3v) is 3.84. The predicted molar refractivity (Wildman–Crippen MR) is 71.3 cm³/mol. The van der Waals surface area contributed by atoms with Crippen molar-refractivity contribution in [2.45, 2.75) is 45.1 Å². The first-order valence-electron chi connectivity index (χ1n) is 7.38. The van der Waals surface area contributed by atoms with Gasteiger partial charge in [0, 0.05) is 25.8 Å². The number of hydrogen-bond donors (Lipinski definition) is 1. The SMILES string of the molecule is CC1CCN(CCCOCC2CC2)CCCN1. The van der Waals surface area contributed by atoms with Crippen LogP contribution in [0.3, 0.4) is 0 Å². The largest absolute Gasteiger partial charge is 0.381 e. The standard InChI is InChI=1S/C14H28N2O/c1-13-6-10-16(8-2-7-15-13)9-3-11-17-12-14-4-5-14/h13-15H,2-12H2,1H3. The molecule has 1 saturated carbocycles. The van der Waals surface area contributed by atoms with Crippen molar-refractivity contribution in [3.8, 4) is 0 Å². The van der Waals surface area contributed by atoms with Gasteiger partial charge in [0.2, 0.25) is 0 Å². The summed E-state index contributed by atoms with van der Waals surface area (Å²) < 4.78 is 5.69. The van der Waals surface area contributed by atoms with Crippen molar-refractivity contribution in [3.63, 3.8) is 0 Å². The van der Waals surface area contributed by atoms with E-state index < -0.39 is 0 Å². The van der Waals surface area contributed by atoms with E-state index in [9.17, 15) is 0 Å². The normalized spacial score (nSPS) is 27.7. The van der Waals surface area contributed by atoms with Crippen LogP contribution in [0.1, 0.15) is 39.0 Å². The van der Waals surface area contributed by atoms with Crippen LogP contribution in [0.5, 0.6) is 0 Å². The molecule has 1 unspecified atom stereocenters. The molecule has 2 fully saturated rings. The summed E-state index contributed by atoms with van der Waals surface area (Å²) >= 11 is 0. The highest BCUT2D eigenvalue weighted by atomic mass is 16.5. The minimum Gasteiger partial charge on any atom is -0.381 e. The van der Waals surface area contributed by atoms with Crippen molar-refractivity contribution in [1.29, 1.82) is 0 Å². The Kier molecular flexibility index (Phi) is 5.75. The molecule has 0 aromatic rings. The first-order valence-corrected chi connectivity index (χ1v) is 7.38. The van der Waals surface area contributed by atoms with Gasteiger partial charge in [0.25, 0.3) is 0 Å². The van der Waals surface area contributed by atoms with Crippen LogP contribution in [0.25, 0.3) is 0 Å². The average molecular weight is 240 g/mol. The fraction of sp³-hybridized carbons (Fsp3) is 1.00. The van der Waals surface area contributed by atoms with Gasteiger partial charge < -0.3 is 15.0 Å². The molecular weight excluding hydrogens is 212 g/mol. The molecule has 3 heteroatoms. The van der Waals surface area contributed by atoms with Crippen LogP contribution in [0, 0.1) is 5.92 Å². The Morgan fingerprint density at radius 3 is 2.94 bits per heavy atom. The molecule has 1 aliphatic heterocycles.